The molecule has 9 rings (SSSR count). The monoisotopic (exact) mass is 642 g/mol. The van der Waals surface area contributed by atoms with Crippen LogP contribution in [0.5, 0.6) is 0 Å². The van der Waals surface area contributed by atoms with E-state index in [2.05, 4.69) is 206 Å². The molecular weight excluding hydrogens is 605 g/mol. The Balaban J connectivity index is 1.25. The van der Waals surface area contributed by atoms with E-state index >= 15 is 0 Å². The van der Waals surface area contributed by atoms with Gasteiger partial charge >= 0.3 is 0 Å². The Hall–Kier alpha value is -6.12. The van der Waals surface area contributed by atoms with Crippen LogP contribution in [0.2, 0.25) is 0 Å². The Morgan fingerprint density at radius 3 is 1.52 bits per heavy atom. The quantitative estimate of drug-likeness (QED) is 0.170. The molecule has 2 heteroatoms. The highest BCUT2D eigenvalue weighted by Gasteiger charge is 2.20. The molecule has 0 unspecified atom stereocenters. The first-order valence-corrected chi connectivity index (χ1v) is 17.4. The molecule has 0 aliphatic rings. The maximum Gasteiger partial charge on any atom is 0.0542 e. The van der Waals surface area contributed by atoms with Crippen molar-refractivity contribution in [3.8, 4) is 16.8 Å². The van der Waals surface area contributed by atoms with Gasteiger partial charge in [0, 0.05) is 33.5 Å². The van der Waals surface area contributed by atoms with Crippen molar-refractivity contribution in [1.82, 2.24) is 4.57 Å². The Kier molecular flexibility index (Phi) is 7.07. The Bertz CT molecular complexity index is 2570. The van der Waals surface area contributed by atoms with Crippen LogP contribution in [0.4, 0.5) is 17.1 Å². The number of hydrogen-bond donors (Lipinski definition) is 0. The van der Waals surface area contributed by atoms with E-state index < -0.39 is 0 Å². The molecular formula is C48H38N2. The predicted octanol–water partition coefficient (Wildman–Crippen LogP) is 13.5. The number of aromatic nitrogens is 1. The Morgan fingerprint density at radius 2 is 0.940 bits per heavy atom. The lowest BCUT2D eigenvalue weighted by molar-refractivity contribution is 0.591. The average Bonchev–Trinajstić information content (AvgIpc) is 3.48. The van der Waals surface area contributed by atoms with Crippen LogP contribution in [-0.4, -0.2) is 4.57 Å². The molecule has 0 aliphatic heterocycles. The first kappa shape index (κ1) is 30.0. The van der Waals surface area contributed by atoms with Crippen molar-refractivity contribution in [2.75, 3.05) is 4.90 Å². The zero-order valence-electron chi connectivity index (χ0n) is 28.6. The second-order valence-electron chi connectivity index (χ2n) is 14.3. The van der Waals surface area contributed by atoms with E-state index in [1.165, 1.54) is 60.0 Å². The number of fused-ring (bicyclic) bond motifs is 5. The summed E-state index contributed by atoms with van der Waals surface area (Å²) in [6.45, 7) is 6.88. The summed E-state index contributed by atoms with van der Waals surface area (Å²) in [4.78, 5) is 2.35. The molecule has 2 nitrogen and oxygen atoms in total. The third-order valence-electron chi connectivity index (χ3n) is 10.1. The molecule has 0 spiro atoms. The number of nitrogens with zero attached hydrogens (tertiary/aromatic N) is 2. The Labute approximate surface area is 293 Å². The summed E-state index contributed by atoms with van der Waals surface area (Å²) in [6.07, 6.45) is 0. The van der Waals surface area contributed by atoms with Gasteiger partial charge in [-0.15, -0.1) is 0 Å². The molecule has 0 atom stereocenters. The van der Waals surface area contributed by atoms with Crippen LogP contribution in [0.3, 0.4) is 0 Å². The minimum absolute atomic E-state index is 0.0310. The third-order valence-corrected chi connectivity index (χ3v) is 10.1. The number of rotatable bonds is 5. The summed E-state index contributed by atoms with van der Waals surface area (Å²) in [7, 11) is 0. The van der Waals surface area contributed by atoms with Crippen molar-refractivity contribution in [1.29, 1.82) is 0 Å². The summed E-state index contributed by atoms with van der Waals surface area (Å²) >= 11 is 0. The molecule has 0 fully saturated rings. The van der Waals surface area contributed by atoms with E-state index in [-0.39, 0.29) is 5.41 Å². The number of benzene rings is 8. The van der Waals surface area contributed by atoms with Gasteiger partial charge in [-0.05, 0) is 116 Å². The largest absolute Gasteiger partial charge is 0.310 e. The lowest BCUT2D eigenvalue weighted by Gasteiger charge is -2.25. The number of hydrogen-bond acceptors (Lipinski definition) is 1. The molecule has 8 aromatic carbocycles. The molecule has 50 heavy (non-hydrogen) atoms. The van der Waals surface area contributed by atoms with Crippen LogP contribution in [0, 0.1) is 0 Å². The van der Waals surface area contributed by atoms with Crippen molar-refractivity contribution in [3.05, 3.63) is 181 Å². The fraction of sp³-hybridized carbons (Fsp3) is 0.0833. The number of para-hydroxylation sites is 2. The van der Waals surface area contributed by atoms with Gasteiger partial charge in [-0.25, -0.2) is 0 Å². The second kappa shape index (κ2) is 11.8. The maximum atomic E-state index is 2.43. The van der Waals surface area contributed by atoms with Gasteiger partial charge in [0.25, 0.3) is 0 Å². The lowest BCUT2D eigenvalue weighted by Crippen LogP contribution is -2.10. The van der Waals surface area contributed by atoms with E-state index in [1.807, 2.05) is 0 Å². The van der Waals surface area contributed by atoms with Crippen LogP contribution in [0.15, 0.2) is 176 Å². The molecule has 0 amide bonds. The predicted molar refractivity (Wildman–Crippen MR) is 215 cm³/mol. The van der Waals surface area contributed by atoms with Crippen LogP contribution < -0.4 is 4.90 Å². The molecule has 0 bridgehead atoms. The van der Waals surface area contributed by atoms with Gasteiger partial charge in [0.1, 0.15) is 0 Å². The molecule has 0 saturated carbocycles. The Morgan fingerprint density at radius 1 is 0.420 bits per heavy atom. The zero-order valence-corrected chi connectivity index (χ0v) is 28.6. The molecule has 9 aromatic rings. The lowest BCUT2D eigenvalue weighted by atomic mass is 9.86. The van der Waals surface area contributed by atoms with Gasteiger partial charge in [0.05, 0.1) is 11.0 Å². The fourth-order valence-corrected chi connectivity index (χ4v) is 7.60. The maximum absolute atomic E-state index is 2.43. The SMILES string of the molecule is CC(C)(C)c1ccc2c(c1)c1cc(N(c3ccccc3)c3ccccc3)ccc1n2-c1ccc(-c2c3ccccc3cc3ccccc23)cc1. The molecule has 240 valence electrons. The molecule has 0 saturated heterocycles. The fourth-order valence-electron chi connectivity index (χ4n) is 7.60. The third kappa shape index (κ3) is 5.04. The molecule has 0 aliphatic carbocycles. The summed E-state index contributed by atoms with van der Waals surface area (Å²) in [6, 6.07) is 64.2. The second-order valence-corrected chi connectivity index (χ2v) is 14.3. The highest BCUT2D eigenvalue weighted by atomic mass is 15.1. The van der Waals surface area contributed by atoms with Crippen LogP contribution in [0.1, 0.15) is 26.3 Å². The van der Waals surface area contributed by atoms with Crippen LogP contribution in [-0.2, 0) is 5.41 Å². The van der Waals surface area contributed by atoms with Crippen molar-refractivity contribution in [2.24, 2.45) is 0 Å². The van der Waals surface area contributed by atoms with Gasteiger partial charge in [-0.1, -0.05) is 124 Å². The smallest absolute Gasteiger partial charge is 0.0542 e. The molecule has 1 heterocycles. The number of anilines is 3. The first-order chi connectivity index (χ1) is 24.4. The topological polar surface area (TPSA) is 8.17 Å². The highest BCUT2D eigenvalue weighted by Crippen LogP contribution is 2.42. The summed E-state index contributed by atoms with van der Waals surface area (Å²) in [5, 5.41) is 7.58. The highest BCUT2D eigenvalue weighted by molar-refractivity contribution is 6.13. The van der Waals surface area contributed by atoms with E-state index in [1.54, 1.807) is 0 Å². The molecule has 0 N–H and O–H groups in total. The summed E-state index contributed by atoms with van der Waals surface area (Å²) in [5.74, 6) is 0. The van der Waals surface area contributed by atoms with Crippen molar-refractivity contribution < 1.29 is 0 Å². The zero-order chi connectivity index (χ0) is 33.8. The molecule has 1 aromatic heterocycles. The average molecular weight is 643 g/mol. The van der Waals surface area contributed by atoms with Crippen LogP contribution in [0.25, 0.3) is 60.2 Å². The normalized spacial score (nSPS) is 11.9. The van der Waals surface area contributed by atoms with Gasteiger partial charge < -0.3 is 9.47 Å². The van der Waals surface area contributed by atoms with Crippen LogP contribution >= 0.6 is 0 Å². The van der Waals surface area contributed by atoms with Gasteiger partial charge in [0.2, 0.25) is 0 Å². The summed E-state index contributed by atoms with van der Waals surface area (Å²) < 4.78 is 2.43. The van der Waals surface area contributed by atoms with Crippen molar-refractivity contribution in [3.63, 3.8) is 0 Å². The standard InChI is InChI=1S/C48H38N2/c1-48(2,3)36-24-28-45-43(31-36)44-32-40(49(37-16-6-4-7-17-37)38-18-8-5-9-19-38)27-29-46(44)50(45)39-25-22-33(23-26-39)47-41-20-12-10-14-34(41)30-35-15-11-13-21-42(35)47/h4-32H,1-3H3. The molecule has 0 radical (unpaired) electrons. The van der Waals surface area contributed by atoms with Crippen molar-refractivity contribution in [2.45, 2.75) is 26.2 Å². The van der Waals surface area contributed by atoms with Gasteiger partial charge in [-0.2, -0.15) is 0 Å². The minimum atomic E-state index is 0.0310. The van der Waals surface area contributed by atoms with Crippen molar-refractivity contribution >= 4 is 60.4 Å². The van der Waals surface area contributed by atoms with E-state index in [9.17, 15) is 0 Å². The summed E-state index contributed by atoms with van der Waals surface area (Å²) in [5.41, 5.74) is 10.8. The minimum Gasteiger partial charge on any atom is -0.310 e. The van der Waals surface area contributed by atoms with Gasteiger partial charge in [0.15, 0.2) is 0 Å². The van der Waals surface area contributed by atoms with E-state index in [4.69, 9.17) is 0 Å². The van der Waals surface area contributed by atoms with E-state index in [0.29, 0.717) is 0 Å². The van der Waals surface area contributed by atoms with Gasteiger partial charge in [-0.3, -0.25) is 0 Å². The first-order valence-electron chi connectivity index (χ1n) is 17.4. The van der Waals surface area contributed by atoms with E-state index in [0.717, 1.165) is 22.7 Å².